The average molecular weight is 1290 g/mol. The zero-order valence-electron chi connectivity index (χ0n) is 61.2. The highest BCUT2D eigenvalue weighted by molar-refractivity contribution is 5.87. The molecule has 0 bridgehead atoms. The van der Waals surface area contributed by atoms with Crippen molar-refractivity contribution in [3.05, 3.63) is 96.1 Å². The van der Waals surface area contributed by atoms with Gasteiger partial charge in [-0.05, 0) is 242 Å². The summed E-state index contributed by atoms with van der Waals surface area (Å²) in [7, 11) is 0. The lowest BCUT2D eigenvalue weighted by atomic mass is 9.61. The van der Waals surface area contributed by atoms with Crippen molar-refractivity contribution in [1.29, 1.82) is 0 Å². The van der Waals surface area contributed by atoms with Gasteiger partial charge in [0, 0.05) is 49.3 Å². The van der Waals surface area contributed by atoms with E-state index in [0.29, 0.717) is 66.5 Å². The molecular formula is C79H124N2O12. The minimum absolute atomic E-state index is 0.139. The molecule has 0 saturated heterocycles. The maximum absolute atomic E-state index is 13.1. The molecule has 5 aliphatic rings. The van der Waals surface area contributed by atoms with Gasteiger partial charge >= 0.3 is 24.1 Å². The number of fused-ring (bicyclic) bond motifs is 2. The summed E-state index contributed by atoms with van der Waals surface area (Å²) >= 11 is 0. The first kappa shape index (κ1) is 75.6. The minimum Gasteiger partial charge on any atom is -0.462 e. The Labute approximate surface area is 561 Å². The number of nitrogens with one attached hydrogen (secondary N) is 2. The fourth-order valence-electron chi connectivity index (χ4n) is 17.4. The monoisotopic (exact) mass is 1290 g/mol. The van der Waals surface area contributed by atoms with Crippen molar-refractivity contribution < 1.29 is 57.1 Å². The Bertz CT molecular complexity index is 2890. The van der Waals surface area contributed by atoms with Gasteiger partial charge in [0.25, 0.3) is 0 Å². The van der Waals surface area contributed by atoms with E-state index in [-0.39, 0.29) is 52.5 Å². The molecule has 5 aliphatic carbocycles. The quantitative estimate of drug-likeness (QED) is 0.0281. The molecule has 93 heavy (non-hydrogen) atoms. The Morgan fingerprint density at radius 1 is 0.527 bits per heavy atom. The van der Waals surface area contributed by atoms with Gasteiger partial charge < -0.3 is 48.5 Å². The van der Waals surface area contributed by atoms with Crippen LogP contribution in [-0.2, 0) is 47.5 Å². The number of hydrogen-bond acceptors (Lipinski definition) is 12. The number of esters is 2. The van der Waals surface area contributed by atoms with Gasteiger partial charge in [0.1, 0.15) is 11.2 Å². The van der Waals surface area contributed by atoms with Gasteiger partial charge in [0.05, 0.1) is 48.8 Å². The Morgan fingerprint density at radius 3 is 1.37 bits per heavy atom. The lowest BCUT2D eigenvalue weighted by Crippen LogP contribution is -2.46. The topological polar surface area (TPSA) is 166 Å². The van der Waals surface area contributed by atoms with Crippen LogP contribution in [0.3, 0.4) is 0 Å². The highest BCUT2D eigenvalue weighted by Gasteiger charge is 3.10. The summed E-state index contributed by atoms with van der Waals surface area (Å²) in [6.45, 7) is 51.3. The lowest BCUT2D eigenvalue weighted by Gasteiger charge is -2.46. The highest BCUT2D eigenvalue weighted by atomic mass is 16.6. The molecule has 9 unspecified atom stereocenters. The third-order valence-corrected chi connectivity index (χ3v) is 23.9. The molecule has 2 aromatic rings. The Balaban J connectivity index is 0.804. The van der Waals surface area contributed by atoms with E-state index in [0.717, 1.165) is 87.0 Å². The number of ether oxygens (including phenoxy) is 8. The third-order valence-electron chi connectivity index (χ3n) is 23.9. The average Bonchev–Trinajstić information content (AvgIpc) is 1.35. The summed E-state index contributed by atoms with van der Waals surface area (Å²) < 4.78 is 50.0. The van der Waals surface area contributed by atoms with Crippen LogP contribution in [0.25, 0.3) is 0 Å². The van der Waals surface area contributed by atoms with E-state index in [4.69, 9.17) is 37.9 Å². The molecule has 7 rings (SSSR count). The molecule has 14 nitrogen and oxygen atoms in total. The molecule has 9 atom stereocenters. The molecule has 0 radical (unpaired) electrons. The summed E-state index contributed by atoms with van der Waals surface area (Å²) in [5.41, 5.74) is 1.36. The molecule has 522 valence electrons. The van der Waals surface area contributed by atoms with Crippen molar-refractivity contribution in [1.82, 2.24) is 10.6 Å². The zero-order valence-corrected chi connectivity index (χ0v) is 61.2. The van der Waals surface area contributed by atoms with Crippen LogP contribution in [0.4, 0.5) is 9.59 Å². The van der Waals surface area contributed by atoms with Crippen LogP contribution in [0.15, 0.2) is 85.0 Å². The standard InChI is InChI=1S/C79H124N2O12/c1-55(2)64(82)86-44-32-42-80-66(84)92-72(13,14)62(57-34-24-22-25-35-57)50-90-74(17,18)68(5,6)39-28-30-46-88-70(9,10)52-76(21)41-38-60-59(48-76)61-49-78(61)77(54-79(60,77)78)53-71(11,12)89-47-31-29-40-69(7,8)75(19,20)91-51-63(58-36-26-23-27-37-58)73(15,16)93-67(85)81-43-33-45-87-65(83)56(3)4/h22-27,34-37,59-63H,1,3,28-33,38-54H2,2,4-21H3,(H,80,84)(H,81,85). The number of alkyl carbamates (subject to hydrolysis) is 2. The van der Waals surface area contributed by atoms with E-state index in [2.05, 4.69) is 138 Å². The van der Waals surface area contributed by atoms with Gasteiger partial charge in [-0.3, -0.25) is 0 Å². The second kappa shape index (κ2) is 29.1. The van der Waals surface area contributed by atoms with Crippen molar-refractivity contribution in [3.8, 4) is 0 Å². The van der Waals surface area contributed by atoms with E-state index < -0.39 is 46.5 Å². The van der Waals surface area contributed by atoms with Gasteiger partial charge in [-0.15, -0.1) is 0 Å². The predicted octanol–water partition coefficient (Wildman–Crippen LogP) is 17.8. The van der Waals surface area contributed by atoms with Crippen LogP contribution in [0.5, 0.6) is 0 Å². The number of carbonyl (C=O) groups is 4. The molecule has 0 aliphatic heterocycles. The molecule has 2 aromatic carbocycles. The van der Waals surface area contributed by atoms with Crippen LogP contribution in [0, 0.1) is 50.2 Å². The minimum atomic E-state index is -0.888. The number of amides is 2. The first-order valence-corrected chi connectivity index (χ1v) is 35.4. The van der Waals surface area contributed by atoms with Gasteiger partial charge in [-0.1, -0.05) is 121 Å². The number of hydrogen-bond donors (Lipinski definition) is 2. The van der Waals surface area contributed by atoms with Crippen molar-refractivity contribution >= 4 is 24.1 Å². The fraction of sp³-hybridized carbons (Fsp3) is 0.747. The largest absolute Gasteiger partial charge is 0.462 e. The molecule has 14 heteroatoms. The first-order valence-electron chi connectivity index (χ1n) is 35.4. The summed E-state index contributed by atoms with van der Waals surface area (Å²) in [5.74, 6) is 1.29. The molecule has 2 amide bonds. The van der Waals surface area contributed by atoms with Crippen molar-refractivity contribution in [2.75, 3.05) is 52.7 Å². The molecule has 2 N–H and O–H groups in total. The smallest absolute Gasteiger partial charge is 0.407 e. The molecular weight excluding hydrogens is 1170 g/mol. The number of rotatable bonds is 40. The van der Waals surface area contributed by atoms with E-state index in [1.54, 1.807) is 13.8 Å². The maximum Gasteiger partial charge on any atom is 0.407 e. The SMILES string of the molecule is C=C(C)C(=O)OCCCNC(=O)OC(C)(C)C(COC(C)(C)C(C)(C)CCCCOC(C)(C)CC1(C)CCC2C(C1)C1CC13C1(CC(C)(C)OCCCCC(C)(C)C(C)(C)OCC(c4ccccc4)C(C)(C)OC(=O)NCCCOC(=O)C(=C)C)CC213)c1ccccc1. The third kappa shape index (κ3) is 17.5. The lowest BCUT2D eigenvalue weighted by molar-refractivity contribution is -0.139. The van der Waals surface area contributed by atoms with Crippen molar-refractivity contribution in [2.24, 2.45) is 50.2 Å². The number of benzene rings is 2. The van der Waals surface area contributed by atoms with Crippen LogP contribution < -0.4 is 10.6 Å². The van der Waals surface area contributed by atoms with Crippen LogP contribution >= 0.6 is 0 Å². The van der Waals surface area contributed by atoms with E-state index in [9.17, 15) is 19.2 Å². The van der Waals surface area contributed by atoms with E-state index >= 15 is 0 Å². The predicted molar refractivity (Wildman–Crippen MR) is 370 cm³/mol. The van der Waals surface area contributed by atoms with Crippen LogP contribution in [0.1, 0.15) is 251 Å². The summed E-state index contributed by atoms with van der Waals surface area (Å²) in [5, 5.41) is 5.63. The zero-order chi connectivity index (χ0) is 68.9. The number of carbonyl (C=O) groups excluding carboxylic acids is 4. The van der Waals surface area contributed by atoms with Crippen molar-refractivity contribution in [3.63, 3.8) is 0 Å². The maximum atomic E-state index is 13.1. The van der Waals surface area contributed by atoms with E-state index in [1.165, 1.54) is 38.5 Å². The normalized spacial score (nSPS) is 24.8. The highest BCUT2D eigenvalue weighted by Crippen LogP contribution is 3.15. The van der Waals surface area contributed by atoms with Gasteiger partial charge in [0.15, 0.2) is 0 Å². The molecule has 2 spiro atoms. The van der Waals surface area contributed by atoms with Gasteiger partial charge in [-0.2, -0.15) is 0 Å². The fourth-order valence-corrected chi connectivity index (χ4v) is 17.4. The Kier molecular flexibility index (Phi) is 23.7. The van der Waals surface area contributed by atoms with Crippen LogP contribution in [0.2, 0.25) is 0 Å². The second-order valence-electron chi connectivity index (χ2n) is 34.0. The van der Waals surface area contributed by atoms with Crippen molar-refractivity contribution in [2.45, 2.75) is 273 Å². The summed E-state index contributed by atoms with van der Waals surface area (Å²) in [6.07, 6.45) is 15.1. The molecule has 5 saturated carbocycles. The van der Waals surface area contributed by atoms with Gasteiger partial charge in [0.2, 0.25) is 0 Å². The molecule has 0 aromatic heterocycles. The summed E-state index contributed by atoms with van der Waals surface area (Å²) in [6, 6.07) is 20.3. The van der Waals surface area contributed by atoms with E-state index in [1.807, 2.05) is 64.1 Å². The second-order valence-corrected chi connectivity index (χ2v) is 34.0. The number of unbranched alkanes of at least 4 members (excludes halogenated alkanes) is 2. The summed E-state index contributed by atoms with van der Waals surface area (Å²) in [4.78, 5) is 49.6. The molecule has 5 fully saturated rings. The Morgan fingerprint density at radius 2 is 0.946 bits per heavy atom. The molecule has 0 heterocycles. The Hall–Kier alpha value is -4.76. The van der Waals surface area contributed by atoms with Crippen LogP contribution in [-0.4, -0.2) is 110 Å². The van der Waals surface area contributed by atoms with Gasteiger partial charge in [-0.25, -0.2) is 19.2 Å². The first-order chi connectivity index (χ1) is 43.2.